The summed E-state index contributed by atoms with van der Waals surface area (Å²) >= 11 is 5.75. The molecule has 0 heterocycles. The average molecular weight is 235 g/mol. The molecule has 0 fully saturated rings. The molecule has 0 aliphatic heterocycles. The molecule has 2 aromatic rings. The molecule has 0 radical (unpaired) electrons. The van der Waals surface area contributed by atoms with Crippen molar-refractivity contribution in [2.24, 2.45) is 0 Å². The number of benzene rings is 2. The van der Waals surface area contributed by atoms with Crippen molar-refractivity contribution in [3.63, 3.8) is 0 Å². The van der Waals surface area contributed by atoms with E-state index in [1.807, 2.05) is 30.3 Å². The fourth-order valence-electron chi connectivity index (χ4n) is 1.49. The topological polar surface area (TPSA) is 29.5 Å². The highest BCUT2D eigenvalue weighted by atomic mass is 35.5. The molecule has 82 valence electrons. The van der Waals surface area contributed by atoms with Crippen LogP contribution in [0.5, 0.6) is 11.5 Å². The van der Waals surface area contributed by atoms with E-state index in [0.29, 0.717) is 5.02 Å². The fraction of sp³-hybridized carbons (Fsp3) is 0.0769. The number of hydrogen-bond acceptors (Lipinski definition) is 2. The quantitative estimate of drug-likeness (QED) is 0.858. The van der Waals surface area contributed by atoms with E-state index in [0.717, 1.165) is 16.9 Å². The monoisotopic (exact) mass is 234 g/mol. The molecule has 0 saturated carbocycles. The number of phenols is 1. The standard InChI is InChI=1S/C13H11ClO2/c1-16-11-4-2-3-9(7-11)10-5-6-12(14)13(15)8-10/h2-8,15H,1H3. The minimum atomic E-state index is 0.0852. The fourth-order valence-corrected chi connectivity index (χ4v) is 1.61. The molecule has 2 nitrogen and oxygen atoms in total. The number of rotatable bonds is 2. The van der Waals surface area contributed by atoms with E-state index in [1.165, 1.54) is 0 Å². The van der Waals surface area contributed by atoms with Crippen LogP contribution in [-0.2, 0) is 0 Å². The number of aromatic hydroxyl groups is 1. The minimum Gasteiger partial charge on any atom is -0.506 e. The summed E-state index contributed by atoms with van der Waals surface area (Å²) in [6, 6.07) is 12.8. The Kier molecular flexibility index (Phi) is 3.02. The highest BCUT2D eigenvalue weighted by Gasteiger charge is 2.03. The predicted molar refractivity (Wildman–Crippen MR) is 65.1 cm³/mol. The Morgan fingerprint density at radius 3 is 2.50 bits per heavy atom. The maximum absolute atomic E-state index is 9.52. The zero-order chi connectivity index (χ0) is 11.5. The van der Waals surface area contributed by atoms with Crippen molar-refractivity contribution in [3.05, 3.63) is 47.5 Å². The summed E-state index contributed by atoms with van der Waals surface area (Å²) in [7, 11) is 1.62. The molecule has 0 bridgehead atoms. The Morgan fingerprint density at radius 2 is 1.81 bits per heavy atom. The van der Waals surface area contributed by atoms with Gasteiger partial charge in [-0.1, -0.05) is 29.8 Å². The molecule has 0 amide bonds. The van der Waals surface area contributed by atoms with Gasteiger partial charge in [-0.25, -0.2) is 0 Å². The molecule has 2 aromatic carbocycles. The van der Waals surface area contributed by atoms with Crippen LogP contribution in [0.1, 0.15) is 0 Å². The van der Waals surface area contributed by atoms with Gasteiger partial charge in [0.1, 0.15) is 11.5 Å². The molecule has 0 spiro atoms. The van der Waals surface area contributed by atoms with E-state index in [9.17, 15) is 5.11 Å². The lowest BCUT2D eigenvalue weighted by Crippen LogP contribution is -1.83. The summed E-state index contributed by atoms with van der Waals surface area (Å²) in [5.41, 5.74) is 1.88. The second-order valence-electron chi connectivity index (χ2n) is 3.40. The van der Waals surface area contributed by atoms with E-state index >= 15 is 0 Å². The normalized spacial score (nSPS) is 10.1. The van der Waals surface area contributed by atoms with Crippen LogP contribution in [0.3, 0.4) is 0 Å². The number of phenolic OH excluding ortho intramolecular Hbond substituents is 1. The van der Waals surface area contributed by atoms with Crippen LogP contribution in [0.25, 0.3) is 11.1 Å². The number of halogens is 1. The molecular weight excluding hydrogens is 224 g/mol. The van der Waals surface area contributed by atoms with Gasteiger partial charge in [-0.15, -0.1) is 0 Å². The lowest BCUT2D eigenvalue weighted by molar-refractivity contribution is 0.415. The van der Waals surface area contributed by atoms with Crippen LogP contribution in [0.15, 0.2) is 42.5 Å². The van der Waals surface area contributed by atoms with Crippen LogP contribution in [0, 0.1) is 0 Å². The maximum atomic E-state index is 9.52. The number of methoxy groups -OCH3 is 1. The van der Waals surface area contributed by atoms with Gasteiger partial charge < -0.3 is 9.84 Å². The molecule has 0 atom stereocenters. The Balaban J connectivity index is 2.46. The third-order valence-electron chi connectivity index (χ3n) is 2.35. The first-order valence-corrected chi connectivity index (χ1v) is 5.21. The summed E-state index contributed by atoms with van der Waals surface area (Å²) in [4.78, 5) is 0. The van der Waals surface area contributed by atoms with E-state index in [2.05, 4.69) is 0 Å². The molecular formula is C13H11ClO2. The van der Waals surface area contributed by atoms with Crippen molar-refractivity contribution < 1.29 is 9.84 Å². The van der Waals surface area contributed by atoms with Crippen LogP contribution >= 0.6 is 11.6 Å². The molecule has 2 rings (SSSR count). The Labute approximate surface area is 99.1 Å². The highest BCUT2D eigenvalue weighted by molar-refractivity contribution is 6.32. The third-order valence-corrected chi connectivity index (χ3v) is 2.67. The molecule has 0 unspecified atom stereocenters. The summed E-state index contributed by atoms with van der Waals surface area (Å²) in [6.07, 6.45) is 0. The van der Waals surface area contributed by atoms with E-state index < -0.39 is 0 Å². The molecule has 3 heteroatoms. The van der Waals surface area contributed by atoms with Crippen molar-refractivity contribution in [2.45, 2.75) is 0 Å². The van der Waals surface area contributed by atoms with Gasteiger partial charge in [0, 0.05) is 0 Å². The molecule has 1 N–H and O–H groups in total. The van der Waals surface area contributed by atoms with Gasteiger partial charge in [-0.2, -0.15) is 0 Å². The zero-order valence-electron chi connectivity index (χ0n) is 8.77. The first kappa shape index (κ1) is 10.8. The maximum Gasteiger partial charge on any atom is 0.134 e. The predicted octanol–water partition coefficient (Wildman–Crippen LogP) is 3.72. The summed E-state index contributed by atoms with van der Waals surface area (Å²) < 4.78 is 5.14. The van der Waals surface area contributed by atoms with E-state index in [4.69, 9.17) is 16.3 Å². The van der Waals surface area contributed by atoms with Gasteiger partial charge in [0.25, 0.3) is 0 Å². The van der Waals surface area contributed by atoms with Gasteiger partial charge in [-0.3, -0.25) is 0 Å². The highest BCUT2D eigenvalue weighted by Crippen LogP contribution is 2.30. The van der Waals surface area contributed by atoms with Gasteiger partial charge in [0.15, 0.2) is 0 Å². The zero-order valence-corrected chi connectivity index (χ0v) is 9.53. The molecule has 0 aliphatic carbocycles. The van der Waals surface area contributed by atoms with Gasteiger partial charge in [-0.05, 0) is 35.4 Å². The number of hydrogen-bond donors (Lipinski definition) is 1. The first-order chi connectivity index (χ1) is 7.70. The largest absolute Gasteiger partial charge is 0.506 e. The molecule has 16 heavy (non-hydrogen) atoms. The molecule has 0 aliphatic rings. The number of ether oxygens (including phenoxy) is 1. The van der Waals surface area contributed by atoms with Crippen LogP contribution in [0.2, 0.25) is 5.02 Å². The van der Waals surface area contributed by atoms with E-state index in [-0.39, 0.29) is 5.75 Å². The minimum absolute atomic E-state index is 0.0852. The van der Waals surface area contributed by atoms with Crippen LogP contribution < -0.4 is 4.74 Å². The van der Waals surface area contributed by atoms with E-state index in [1.54, 1.807) is 19.2 Å². The van der Waals surface area contributed by atoms with Crippen molar-refractivity contribution in [1.82, 2.24) is 0 Å². The summed E-state index contributed by atoms with van der Waals surface area (Å²) in [6.45, 7) is 0. The SMILES string of the molecule is COc1cccc(-c2ccc(Cl)c(O)c2)c1. The van der Waals surface area contributed by atoms with Crippen molar-refractivity contribution in [3.8, 4) is 22.6 Å². The third kappa shape index (κ3) is 2.12. The lowest BCUT2D eigenvalue weighted by atomic mass is 10.1. The van der Waals surface area contributed by atoms with Crippen LogP contribution in [-0.4, -0.2) is 12.2 Å². The van der Waals surface area contributed by atoms with Gasteiger partial charge >= 0.3 is 0 Å². The van der Waals surface area contributed by atoms with Crippen molar-refractivity contribution in [1.29, 1.82) is 0 Å². The Morgan fingerprint density at radius 1 is 1.06 bits per heavy atom. The van der Waals surface area contributed by atoms with Crippen molar-refractivity contribution >= 4 is 11.6 Å². The van der Waals surface area contributed by atoms with Gasteiger partial charge in [0.2, 0.25) is 0 Å². The van der Waals surface area contributed by atoms with Crippen molar-refractivity contribution in [2.75, 3.05) is 7.11 Å². The smallest absolute Gasteiger partial charge is 0.134 e. The van der Waals surface area contributed by atoms with Crippen LogP contribution in [0.4, 0.5) is 0 Å². The Hall–Kier alpha value is -1.67. The molecule has 0 aromatic heterocycles. The second kappa shape index (κ2) is 4.45. The average Bonchev–Trinajstić information content (AvgIpc) is 2.33. The summed E-state index contributed by atoms with van der Waals surface area (Å²) in [5, 5.41) is 9.88. The molecule has 0 saturated heterocycles. The lowest BCUT2D eigenvalue weighted by Gasteiger charge is -2.05. The first-order valence-electron chi connectivity index (χ1n) is 4.83. The Bertz CT molecular complexity index is 509. The second-order valence-corrected chi connectivity index (χ2v) is 3.81. The summed E-state index contributed by atoms with van der Waals surface area (Å²) in [5.74, 6) is 0.869. The van der Waals surface area contributed by atoms with Gasteiger partial charge in [0.05, 0.1) is 12.1 Å².